The third kappa shape index (κ3) is 8.56. The quantitative estimate of drug-likeness (QED) is 0.225. The minimum absolute atomic E-state index is 0.0703. The molecule has 7 heteroatoms. The van der Waals surface area contributed by atoms with Gasteiger partial charge in [0.2, 0.25) is 0 Å². The smallest absolute Gasteiger partial charge is 0.357 e. The van der Waals surface area contributed by atoms with Gasteiger partial charge >= 0.3 is 26.5 Å². The Morgan fingerprint density at radius 2 is 1.10 bits per heavy atom. The van der Waals surface area contributed by atoms with Crippen LogP contribution in [-0.4, -0.2) is 18.2 Å². The maximum absolute atomic E-state index is 13.2. The third-order valence-corrected chi connectivity index (χ3v) is 9.84. The number of fused-ring (bicyclic) bond motifs is 1. The summed E-state index contributed by atoms with van der Waals surface area (Å²) in [6.07, 6.45) is -1.11. The van der Waals surface area contributed by atoms with E-state index in [1.807, 2.05) is 0 Å². The van der Waals surface area contributed by atoms with Crippen LogP contribution in [0.3, 0.4) is 0 Å². The number of benzene rings is 4. The molecule has 0 aliphatic rings. The van der Waals surface area contributed by atoms with Crippen molar-refractivity contribution in [1.29, 1.82) is 0 Å². The number of hydrogen-bond acceptors (Lipinski definition) is 3. The van der Waals surface area contributed by atoms with Crippen molar-refractivity contribution in [2.45, 2.75) is 64.0 Å². The van der Waals surface area contributed by atoms with Crippen LogP contribution in [0, 0.1) is 7.14 Å². The van der Waals surface area contributed by atoms with E-state index in [1.165, 1.54) is 24.3 Å². The number of hydrogen-bond donors (Lipinski definition) is 0. The molecule has 0 radical (unpaired) electrons. The molecule has 0 saturated carbocycles. The predicted molar refractivity (Wildman–Crippen MR) is 150 cm³/mol. The molecule has 0 aliphatic heterocycles. The normalized spacial score (nSPS) is 12.6. The predicted octanol–water partition coefficient (Wildman–Crippen LogP) is 4.93. The van der Waals surface area contributed by atoms with Gasteiger partial charge in [0, 0.05) is 0 Å². The second-order valence-corrected chi connectivity index (χ2v) is 16.1. The van der Waals surface area contributed by atoms with Crippen molar-refractivity contribution >= 4 is 20.9 Å². The van der Waals surface area contributed by atoms with Crippen LogP contribution in [0.25, 0.3) is 10.8 Å². The van der Waals surface area contributed by atoms with Gasteiger partial charge in [-0.05, 0) is 62.6 Å². The van der Waals surface area contributed by atoms with E-state index in [0.717, 1.165) is 0 Å². The Morgan fingerprint density at radius 1 is 0.667 bits per heavy atom. The highest BCUT2D eigenvalue weighted by molar-refractivity contribution is 7.86. The van der Waals surface area contributed by atoms with E-state index in [2.05, 4.69) is 90.1 Å². The maximum Gasteiger partial charge on any atom is 0.357 e. The van der Waals surface area contributed by atoms with Crippen LogP contribution < -0.4 is 21.2 Å². The minimum atomic E-state index is -5.65. The van der Waals surface area contributed by atoms with E-state index < -0.39 is 21.8 Å². The summed E-state index contributed by atoms with van der Waals surface area (Å²) in [5.74, 6) is 0. The molecule has 0 atom stereocenters. The molecule has 0 fully saturated rings. The van der Waals surface area contributed by atoms with Crippen LogP contribution >= 0.6 is 0 Å². The number of alkyl halides is 2. The molecule has 0 N–H and O–H groups in total. The molecule has 4 aromatic carbocycles. The minimum Gasteiger partial charge on any atom is -0.743 e. The summed E-state index contributed by atoms with van der Waals surface area (Å²) in [4.78, 5) is 0. The second kappa shape index (κ2) is 12.0. The van der Waals surface area contributed by atoms with Gasteiger partial charge in [0.1, 0.15) is 0 Å². The first-order valence-electron chi connectivity index (χ1n) is 12.6. The molecule has 0 bridgehead atoms. The highest BCUT2D eigenvalue weighted by Gasteiger charge is 2.37. The molecule has 39 heavy (non-hydrogen) atoms. The average Bonchev–Trinajstić information content (AvgIpc) is 2.83. The Balaban J connectivity index is 0.000000218. The van der Waals surface area contributed by atoms with Crippen LogP contribution in [0.15, 0.2) is 91.0 Å². The standard InChI is InChI=1S/C20H26I.C12H10F2O3S/c1-19(2,3)15-7-11-17(12-8-15)21-18-13-9-16(10-14-18)20(4,5)6;13-12(14,18(15,16)17)8-10-6-3-5-9-4-1-2-7-11(9)10/h7-14H,1-6H3;1-7H,8H2,(H,15,16,17)/q+1;/p-1. The van der Waals surface area contributed by atoms with Gasteiger partial charge in [0.15, 0.2) is 17.3 Å². The first kappa shape index (κ1) is 31.2. The number of halogens is 3. The molecule has 3 nitrogen and oxygen atoms in total. The highest BCUT2D eigenvalue weighted by Crippen LogP contribution is 2.29. The Kier molecular flexibility index (Phi) is 9.61. The van der Waals surface area contributed by atoms with E-state index in [1.54, 1.807) is 36.4 Å². The van der Waals surface area contributed by atoms with Gasteiger partial charge in [-0.25, -0.2) is 8.42 Å². The lowest BCUT2D eigenvalue weighted by atomic mass is 9.87. The fourth-order valence-electron chi connectivity index (χ4n) is 3.91. The molecule has 4 aromatic rings. The summed E-state index contributed by atoms with van der Waals surface area (Å²) < 4.78 is 60.9. The van der Waals surface area contributed by atoms with E-state index >= 15 is 0 Å². The largest absolute Gasteiger partial charge is 0.743 e. The Hall–Kier alpha value is -2.36. The van der Waals surface area contributed by atoms with Gasteiger partial charge in [-0.1, -0.05) is 108 Å². The van der Waals surface area contributed by atoms with Crippen LogP contribution in [0.5, 0.6) is 0 Å². The van der Waals surface area contributed by atoms with E-state index in [0.29, 0.717) is 10.8 Å². The van der Waals surface area contributed by atoms with Gasteiger partial charge < -0.3 is 4.55 Å². The summed E-state index contributed by atoms with van der Waals surface area (Å²) >= 11 is -0.0703. The molecule has 0 unspecified atom stereocenters. The summed E-state index contributed by atoms with van der Waals surface area (Å²) in [6, 6.07) is 29.8. The highest BCUT2D eigenvalue weighted by atomic mass is 127. The summed E-state index contributed by atoms with van der Waals surface area (Å²) in [6.45, 7) is 13.6. The van der Waals surface area contributed by atoms with Crippen LogP contribution in [0.2, 0.25) is 0 Å². The lowest BCUT2D eigenvalue weighted by molar-refractivity contribution is -0.597. The number of rotatable bonds is 5. The topological polar surface area (TPSA) is 57.2 Å². The van der Waals surface area contributed by atoms with Crippen molar-refractivity contribution in [1.82, 2.24) is 0 Å². The van der Waals surface area contributed by atoms with Gasteiger partial charge in [-0.15, -0.1) is 0 Å². The zero-order chi connectivity index (χ0) is 29.1. The Morgan fingerprint density at radius 3 is 1.54 bits per heavy atom. The Bertz CT molecular complexity index is 1440. The maximum atomic E-state index is 13.2. The van der Waals surface area contributed by atoms with Crippen molar-refractivity contribution < 1.29 is 43.0 Å². The molecule has 0 aliphatic carbocycles. The van der Waals surface area contributed by atoms with Crippen molar-refractivity contribution in [3.63, 3.8) is 0 Å². The first-order valence-corrected chi connectivity index (χ1v) is 16.2. The molecule has 0 aromatic heterocycles. The third-order valence-electron chi connectivity index (χ3n) is 6.28. The molecular weight excluding hydrogens is 629 g/mol. The van der Waals surface area contributed by atoms with E-state index in [9.17, 15) is 21.8 Å². The van der Waals surface area contributed by atoms with Crippen LogP contribution in [0.1, 0.15) is 58.2 Å². The Labute approximate surface area is 241 Å². The molecule has 208 valence electrons. The lowest BCUT2D eigenvalue weighted by Gasteiger charge is -2.20. The van der Waals surface area contributed by atoms with E-state index in [4.69, 9.17) is 0 Å². The van der Waals surface area contributed by atoms with Crippen molar-refractivity contribution in [3.8, 4) is 0 Å². The van der Waals surface area contributed by atoms with E-state index in [-0.39, 0.29) is 37.6 Å². The SMILES string of the molecule is CC(C)(C)c1ccc([I+]c2ccc(C(C)(C)C)cc2)cc1.O=S(=O)([O-])C(F)(F)Cc1cccc2ccccc12. The average molecular weight is 665 g/mol. The summed E-state index contributed by atoms with van der Waals surface area (Å²) in [7, 11) is -5.65. The van der Waals surface area contributed by atoms with Crippen molar-refractivity contribution in [2.75, 3.05) is 0 Å². The molecular formula is C32H35F2IO3S. The zero-order valence-corrected chi connectivity index (χ0v) is 26.1. The lowest BCUT2D eigenvalue weighted by Crippen LogP contribution is -3.61. The van der Waals surface area contributed by atoms with Crippen molar-refractivity contribution in [2.24, 2.45) is 0 Å². The summed E-state index contributed by atoms with van der Waals surface area (Å²) in [5, 5.41) is -3.06. The molecule has 0 heterocycles. The van der Waals surface area contributed by atoms with Gasteiger partial charge in [0.05, 0.1) is 6.42 Å². The molecule has 0 spiro atoms. The zero-order valence-electron chi connectivity index (χ0n) is 23.1. The fraction of sp³-hybridized carbons (Fsp3) is 0.312. The monoisotopic (exact) mass is 664 g/mol. The first-order chi connectivity index (χ1) is 18.0. The molecule has 0 saturated heterocycles. The molecule has 0 amide bonds. The van der Waals surface area contributed by atoms with Gasteiger partial charge in [-0.2, -0.15) is 8.78 Å². The summed E-state index contributed by atoms with van der Waals surface area (Å²) in [5.41, 5.74) is 3.45. The second-order valence-electron chi connectivity index (χ2n) is 11.5. The molecule has 4 rings (SSSR count). The van der Waals surface area contributed by atoms with Gasteiger partial charge in [0.25, 0.3) is 0 Å². The fourth-order valence-corrected chi connectivity index (χ4v) is 6.40. The van der Waals surface area contributed by atoms with Crippen LogP contribution in [-0.2, 0) is 27.4 Å². The van der Waals surface area contributed by atoms with Crippen LogP contribution in [0.4, 0.5) is 8.78 Å². The van der Waals surface area contributed by atoms with Gasteiger partial charge in [-0.3, -0.25) is 0 Å². The van der Waals surface area contributed by atoms with Crippen molar-refractivity contribution in [3.05, 3.63) is 115 Å².